The van der Waals surface area contributed by atoms with E-state index in [0.717, 1.165) is 18.7 Å². The maximum Gasteiger partial charge on any atom is 0.373 e. The Morgan fingerprint density at radius 3 is 3.00 bits per heavy atom. The number of nitrogens with one attached hydrogen (secondary N) is 1. The lowest BCUT2D eigenvalue weighted by Crippen LogP contribution is -2.26. The summed E-state index contributed by atoms with van der Waals surface area (Å²) in [7, 11) is 1.33. The van der Waals surface area contributed by atoms with Crippen molar-refractivity contribution in [3.63, 3.8) is 0 Å². The van der Waals surface area contributed by atoms with E-state index in [2.05, 4.69) is 10.1 Å². The molecule has 19 heavy (non-hydrogen) atoms. The number of ether oxygens (including phenoxy) is 1. The third kappa shape index (κ3) is 3.58. The molecule has 0 amide bonds. The van der Waals surface area contributed by atoms with Crippen LogP contribution in [0.15, 0.2) is 16.5 Å². The normalized spacial score (nSPS) is 22.6. The molecule has 2 N–H and O–H groups in total. The molecular formula is C14H21NO4. The second-order valence-corrected chi connectivity index (χ2v) is 5.02. The number of hydrogen-bond acceptors (Lipinski definition) is 5. The molecule has 2 unspecified atom stereocenters. The zero-order valence-corrected chi connectivity index (χ0v) is 11.2. The Hall–Kier alpha value is -1.33. The lowest BCUT2D eigenvalue weighted by Gasteiger charge is -2.17. The molecule has 1 aromatic heterocycles. The fourth-order valence-corrected chi connectivity index (χ4v) is 2.69. The SMILES string of the molecule is COC(=O)c1ccc(CNCC2CCCC2CO)o1. The van der Waals surface area contributed by atoms with Crippen molar-refractivity contribution in [3.8, 4) is 0 Å². The Balaban J connectivity index is 1.76. The average Bonchev–Trinajstić information content (AvgIpc) is 3.06. The number of rotatable bonds is 6. The van der Waals surface area contributed by atoms with Gasteiger partial charge in [-0.15, -0.1) is 0 Å². The second-order valence-electron chi connectivity index (χ2n) is 5.02. The fraction of sp³-hybridized carbons (Fsp3) is 0.643. The molecule has 2 rings (SSSR count). The van der Waals surface area contributed by atoms with Gasteiger partial charge in [0.15, 0.2) is 0 Å². The van der Waals surface area contributed by atoms with Crippen molar-refractivity contribution >= 4 is 5.97 Å². The van der Waals surface area contributed by atoms with Gasteiger partial charge in [0.2, 0.25) is 5.76 Å². The van der Waals surface area contributed by atoms with Gasteiger partial charge >= 0.3 is 5.97 Å². The molecule has 0 saturated heterocycles. The van der Waals surface area contributed by atoms with Gasteiger partial charge in [-0.25, -0.2) is 4.79 Å². The van der Waals surface area contributed by atoms with Crippen molar-refractivity contribution in [2.24, 2.45) is 11.8 Å². The molecule has 1 saturated carbocycles. The predicted molar refractivity (Wildman–Crippen MR) is 69.7 cm³/mol. The van der Waals surface area contributed by atoms with E-state index in [1.54, 1.807) is 12.1 Å². The van der Waals surface area contributed by atoms with Crippen molar-refractivity contribution in [2.45, 2.75) is 25.8 Å². The molecule has 1 aromatic rings. The Morgan fingerprint density at radius 2 is 2.26 bits per heavy atom. The van der Waals surface area contributed by atoms with Gasteiger partial charge in [-0.2, -0.15) is 0 Å². The summed E-state index contributed by atoms with van der Waals surface area (Å²) < 4.78 is 9.95. The minimum absolute atomic E-state index is 0.230. The van der Waals surface area contributed by atoms with Crippen LogP contribution in [-0.4, -0.2) is 31.3 Å². The summed E-state index contributed by atoms with van der Waals surface area (Å²) in [5, 5.41) is 12.6. The summed E-state index contributed by atoms with van der Waals surface area (Å²) >= 11 is 0. The lowest BCUT2D eigenvalue weighted by atomic mass is 9.97. The maximum absolute atomic E-state index is 11.2. The van der Waals surface area contributed by atoms with Gasteiger partial charge in [-0.1, -0.05) is 6.42 Å². The summed E-state index contributed by atoms with van der Waals surface area (Å²) in [5.74, 6) is 1.46. The monoisotopic (exact) mass is 267 g/mol. The molecule has 0 aliphatic heterocycles. The molecule has 1 aliphatic rings. The molecule has 2 atom stereocenters. The van der Waals surface area contributed by atoms with E-state index in [9.17, 15) is 9.90 Å². The van der Waals surface area contributed by atoms with Crippen molar-refractivity contribution in [2.75, 3.05) is 20.3 Å². The Morgan fingerprint density at radius 1 is 1.47 bits per heavy atom. The molecule has 0 bridgehead atoms. The van der Waals surface area contributed by atoms with Crippen LogP contribution in [0.5, 0.6) is 0 Å². The quantitative estimate of drug-likeness (QED) is 0.765. The van der Waals surface area contributed by atoms with Crippen LogP contribution in [-0.2, 0) is 11.3 Å². The molecule has 1 aliphatic carbocycles. The number of aliphatic hydroxyl groups is 1. The molecule has 1 fully saturated rings. The topological polar surface area (TPSA) is 71.7 Å². The van der Waals surface area contributed by atoms with E-state index < -0.39 is 5.97 Å². The van der Waals surface area contributed by atoms with Gasteiger partial charge in [-0.3, -0.25) is 0 Å². The van der Waals surface area contributed by atoms with E-state index in [4.69, 9.17) is 4.42 Å². The highest BCUT2D eigenvalue weighted by Gasteiger charge is 2.26. The minimum Gasteiger partial charge on any atom is -0.463 e. The Labute approximate surface area is 112 Å². The van der Waals surface area contributed by atoms with E-state index in [0.29, 0.717) is 18.4 Å². The van der Waals surface area contributed by atoms with E-state index in [-0.39, 0.29) is 12.4 Å². The third-order valence-corrected chi connectivity index (χ3v) is 3.80. The van der Waals surface area contributed by atoms with Gasteiger partial charge in [0.1, 0.15) is 5.76 Å². The lowest BCUT2D eigenvalue weighted by molar-refractivity contribution is 0.0562. The molecule has 106 valence electrons. The van der Waals surface area contributed by atoms with E-state index in [1.165, 1.54) is 20.0 Å². The Bertz CT molecular complexity index is 415. The number of furan rings is 1. The van der Waals surface area contributed by atoms with Gasteiger partial charge in [0.05, 0.1) is 13.7 Å². The molecule has 0 aromatic carbocycles. The summed E-state index contributed by atoms with van der Waals surface area (Å²) in [6.07, 6.45) is 3.49. The predicted octanol–water partition coefficient (Wildman–Crippen LogP) is 1.56. The summed E-state index contributed by atoms with van der Waals surface area (Å²) in [4.78, 5) is 11.2. The zero-order valence-electron chi connectivity index (χ0n) is 11.2. The summed E-state index contributed by atoms with van der Waals surface area (Å²) in [6, 6.07) is 3.40. The van der Waals surface area contributed by atoms with Crippen LogP contribution >= 0.6 is 0 Å². The second kappa shape index (κ2) is 6.73. The largest absolute Gasteiger partial charge is 0.463 e. The third-order valence-electron chi connectivity index (χ3n) is 3.80. The highest BCUT2D eigenvalue weighted by molar-refractivity contribution is 5.86. The first-order chi connectivity index (χ1) is 9.24. The first kappa shape index (κ1) is 14.1. The van der Waals surface area contributed by atoms with Crippen LogP contribution in [0.3, 0.4) is 0 Å². The number of carbonyl (C=O) groups excluding carboxylic acids is 1. The number of esters is 1. The van der Waals surface area contributed by atoms with Crippen LogP contribution < -0.4 is 5.32 Å². The van der Waals surface area contributed by atoms with Gasteiger partial charge in [0, 0.05) is 6.61 Å². The highest BCUT2D eigenvalue weighted by Crippen LogP contribution is 2.30. The zero-order chi connectivity index (χ0) is 13.7. The maximum atomic E-state index is 11.2. The van der Waals surface area contributed by atoms with Gasteiger partial charge in [0.25, 0.3) is 0 Å². The average molecular weight is 267 g/mol. The smallest absolute Gasteiger partial charge is 0.373 e. The van der Waals surface area contributed by atoms with Crippen LogP contribution in [0.2, 0.25) is 0 Å². The number of carbonyl (C=O) groups is 1. The van der Waals surface area contributed by atoms with Crippen LogP contribution in [0.25, 0.3) is 0 Å². The molecule has 5 nitrogen and oxygen atoms in total. The summed E-state index contributed by atoms with van der Waals surface area (Å²) in [5.41, 5.74) is 0. The van der Waals surface area contributed by atoms with E-state index >= 15 is 0 Å². The number of hydrogen-bond donors (Lipinski definition) is 2. The van der Waals surface area contributed by atoms with E-state index in [1.807, 2.05) is 0 Å². The Kier molecular flexibility index (Phi) is 4.99. The highest BCUT2D eigenvalue weighted by atomic mass is 16.5. The number of methoxy groups -OCH3 is 1. The summed E-state index contributed by atoms with van der Waals surface area (Å²) in [6.45, 7) is 1.74. The molecule has 0 radical (unpaired) electrons. The molecular weight excluding hydrogens is 246 g/mol. The van der Waals surface area contributed by atoms with Crippen molar-refractivity contribution in [1.82, 2.24) is 5.32 Å². The number of aliphatic hydroxyl groups excluding tert-OH is 1. The first-order valence-corrected chi connectivity index (χ1v) is 6.73. The standard InChI is InChI=1S/C14H21NO4/c1-18-14(17)13-6-5-12(19-13)8-15-7-10-3-2-4-11(10)9-16/h5-6,10-11,15-16H,2-4,7-9H2,1H3. The first-order valence-electron chi connectivity index (χ1n) is 6.73. The van der Waals surface area contributed by atoms with Crippen LogP contribution in [0.1, 0.15) is 35.6 Å². The molecule has 5 heteroatoms. The van der Waals surface area contributed by atoms with Crippen molar-refractivity contribution in [3.05, 3.63) is 23.7 Å². The van der Waals surface area contributed by atoms with Crippen LogP contribution in [0, 0.1) is 11.8 Å². The van der Waals surface area contributed by atoms with Gasteiger partial charge < -0.3 is 19.6 Å². The molecule has 1 heterocycles. The fourth-order valence-electron chi connectivity index (χ4n) is 2.69. The molecule has 0 spiro atoms. The van der Waals surface area contributed by atoms with Gasteiger partial charge in [-0.05, 0) is 43.4 Å². The van der Waals surface area contributed by atoms with Crippen LogP contribution in [0.4, 0.5) is 0 Å². The van der Waals surface area contributed by atoms with Crippen molar-refractivity contribution < 1.29 is 19.1 Å². The van der Waals surface area contributed by atoms with Crippen molar-refractivity contribution in [1.29, 1.82) is 0 Å². The minimum atomic E-state index is -0.456.